The highest BCUT2D eigenvalue weighted by molar-refractivity contribution is 5.96. The quantitative estimate of drug-likeness (QED) is 0.0975. The van der Waals surface area contributed by atoms with Gasteiger partial charge in [-0.3, -0.25) is 28.8 Å². The number of aromatic nitrogens is 1. The molecule has 258 valence electrons. The van der Waals surface area contributed by atoms with Gasteiger partial charge in [-0.05, 0) is 29.9 Å². The maximum Gasteiger partial charge on any atom is 0.326 e. The summed E-state index contributed by atoms with van der Waals surface area (Å²) in [4.78, 5) is 90.5. The number of H-pyrrole nitrogens is 1. The highest BCUT2D eigenvalue weighted by atomic mass is 16.4. The molecular formula is C31H44N6O10. The summed E-state index contributed by atoms with van der Waals surface area (Å²) in [5.74, 6) is -8.33. The van der Waals surface area contributed by atoms with Crippen LogP contribution >= 0.6 is 0 Å². The van der Waals surface area contributed by atoms with Crippen molar-refractivity contribution in [3.63, 3.8) is 0 Å². The van der Waals surface area contributed by atoms with Crippen molar-refractivity contribution in [2.24, 2.45) is 17.6 Å². The number of fused-ring (bicyclic) bond motifs is 1. The molecular weight excluding hydrogens is 616 g/mol. The van der Waals surface area contributed by atoms with Crippen LogP contribution in [0.15, 0.2) is 30.5 Å². The number of nitrogens with two attached hydrogens (primary N) is 1. The average molecular weight is 661 g/mol. The van der Waals surface area contributed by atoms with Crippen LogP contribution in [0.5, 0.6) is 0 Å². The first-order valence-electron chi connectivity index (χ1n) is 15.2. The Balaban J connectivity index is 2.38. The number of carboxylic acid groups (broad SMARTS) is 3. The van der Waals surface area contributed by atoms with Gasteiger partial charge in [-0.2, -0.15) is 0 Å². The van der Waals surface area contributed by atoms with Crippen molar-refractivity contribution in [2.45, 2.75) is 90.0 Å². The smallest absolute Gasteiger partial charge is 0.326 e. The second-order valence-electron chi connectivity index (χ2n) is 11.8. The summed E-state index contributed by atoms with van der Waals surface area (Å²) in [6, 6.07) is 0.312. The number of hydrogen-bond acceptors (Lipinski definition) is 8. The minimum Gasteiger partial charge on any atom is -0.481 e. The van der Waals surface area contributed by atoms with Crippen molar-refractivity contribution in [1.82, 2.24) is 26.3 Å². The highest BCUT2D eigenvalue weighted by Gasteiger charge is 2.35. The van der Waals surface area contributed by atoms with E-state index in [4.69, 9.17) is 10.8 Å². The summed E-state index contributed by atoms with van der Waals surface area (Å²) in [5, 5.41) is 38.5. The molecule has 10 N–H and O–H groups in total. The molecule has 0 radical (unpaired) electrons. The minimum absolute atomic E-state index is 0.113. The first-order valence-corrected chi connectivity index (χ1v) is 15.2. The zero-order valence-electron chi connectivity index (χ0n) is 26.7. The van der Waals surface area contributed by atoms with Gasteiger partial charge in [-0.15, -0.1) is 0 Å². The number of benzene rings is 1. The molecule has 0 aliphatic carbocycles. The molecule has 1 heterocycles. The fourth-order valence-electron chi connectivity index (χ4n) is 4.81. The van der Waals surface area contributed by atoms with E-state index < -0.39 is 103 Å². The van der Waals surface area contributed by atoms with Crippen LogP contribution in [0.25, 0.3) is 10.9 Å². The monoisotopic (exact) mass is 660 g/mol. The molecule has 0 aliphatic rings. The second kappa shape index (κ2) is 17.6. The predicted octanol–water partition coefficient (Wildman–Crippen LogP) is 0.103. The van der Waals surface area contributed by atoms with Crippen molar-refractivity contribution in [3.05, 3.63) is 36.0 Å². The first-order chi connectivity index (χ1) is 22.0. The van der Waals surface area contributed by atoms with Gasteiger partial charge < -0.3 is 47.3 Å². The van der Waals surface area contributed by atoms with Crippen LogP contribution in [-0.4, -0.2) is 92.0 Å². The molecule has 0 spiro atoms. The largest absolute Gasteiger partial charge is 0.481 e. The number of carbonyl (C=O) groups excluding carboxylic acids is 4. The number of carboxylic acids is 3. The number of aromatic amines is 1. The molecule has 0 unspecified atom stereocenters. The summed E-state index contributed by atoms with van der Waals surface area (Å²) in [7, 11) is 0. The molecule has 2 rings (SSSR count). The van der Waals surface area contributed by atoms with Crippen molar-refractivity contribution in [2.75, 3.05) is 0 Å². The zero-order chi connectivity index (χ0) is 35.4. The summed E-state index contributed by atoms with van der Waals surface area (Å²) >= 11 is 0. The molecule has 4 amide bonds. The van der Waals surface area contributed by atoms with E-state index in [0.717, 1.165) is 10.9 Å². The van der Waals surface area contributed by atoms with Crippen LogP contribution in [0.3, 0.4) is 0 Å². The van der Waals surface area contributed by atoms with E-state index in [1.807, 2.05) is 0 Å². The van der Waals surface area contributed by atoms with Crippen molar-refractivity contribution >= 4 is 52.4 Å². The van der Waals surface area contributed by atoms with Crippen LogP contribution in [0.1, 0.15) is 58.9 Å². The van der Waals surface area contributed by atoms with Gasteiger partial charge in [0, 0.05) is 29.9 Å². The van der Waals surface area contributed by atoms with E-state index in [0.29, 0.717) is 12.0 Å². The molecule has 47 heavy (non-hydrogen) atoms. The first kappa shape index (κ1) is 38.2. The lowest BCUT2D eigenvalue weighted by Gasteiger charge is -2.29. The topological polar surface area (TPSA) is 270 Å². The Morgan fingerprint density at radius 2 is 1.38 bits per heavy atom. The lowest BCUT2D eigenvalue weighted by Crippen LogP contribution is -2.60. The third-order valence-electron chi connectivity index (χ3n) is 7.77. The Morgan fingerprint density at radius 1 is 0.787 bits per heavy atom. The Morgan fingerprint density at radius 3 is 1.96 bits per heavy atom. The van der Waals surface area contributed by atoms with Crippen LogP contribution in [0.4, 0.5) is 0 Å². The minimum atomic E-state index is -1.49. The van der Waals surface area contributed by atoms with Gasteiger partial charge in [0.2, 0.25) is 23.6 Å². The number of rotatable bonds is 19. The molecule has 6 atom stereocenters. The molecule has 2 aromatic rings. The summed E-state index contributed by atoms with van der Waals surface area (Å²) in [6.45, 7) is 6.62. The predicted molar refractivity (Wildman–Crippen MR) is 169 cm³/mol. The maximum absolute atomic E-state index is 13.7. The number of amides is 4. The van der Waals surface area contributed by atoms with E-state index in [2.05, 4.69) is 26.3 Å². The third kappa shape index (κ3) is 11.4. The van der Waals surface area contributed by atoms with Gasteiger partial charge >= 0.3 is 17.9 Å². The molecule has 0 aliphatic heterocycles. The Hall–Kier alpha value is -4.99. The molecule has 16 heteroatoms. The number of nitrogens with one attached hydrogen (secondary N) is 5. The third-order valence-corrected chi connectivity index (χ3v) is 7.77. The van der Waals surface area contributed by atoms with Gasteiger partial charge in [0.25, 0.3) is 0 Å². The zero-order valence-corrected chi connectivity index (χ0v) is 26.7. The van der Waals surface area contributed by atoms with Gasteiger partial charge in [0.1, 0.15) is 24.2 Å². The Labute approximate surface area is 271 Å². The van der Waals surface area contributed by atoms with E-state index in [-0.39, 0.29) is 6.42 Å². The van der Waals surface area contributed by atoms with Gasteiger partial charge in [0.15, 0.2) is 0 Å². The molecule has 0 saturated carbocycles. The normalized spacial score (nSPS) is 15.0. The molecule has 16 nitrogen and oxygen atoms in total. The number of aliphatic carboxylic acids is 3. The molecule has 1 aromatic heterocycles. The number of para-hydroxylation sites is 1. The fourth-order valence-corrected chi connectivity index (χ4v) is 4.81. The fraction of sp³-hybridized carbons (Fsp3) is 0.516. The lowest BCUT2D eigenvalue weighted by atomic mass is 9.96. The van der Waals surface area contributed by atoms with Crippen molar-refractivity contribution in [3.8, 4) is 0 Å². The van der Waals surface area contributed by atoms with E-state index in [1.54, 1.807) is 58.2 Å². The standard InChI is InChI=1S/C31H44N6O10/c1-5-16(4)26(30(45)36-25(15(2)3)31(46)47)37-28(43)21(10-11-23(38)39)34-29(44)22(35-27(42)19(32)13-24(40)41)12-17-14-33-20-9-7-6-8-18(17)20/h6-9,14-16,19,21-22,25-26,33H,5,10-13,32H2,1-4H3,(H,34,44)(H,35,42)(H,36,45)(H,37,43)(H,38,39)(H,40,41)(H,46,47)/t16-,19-,21-,22-,25-,26-/m0/s1. The van der Waals surface area contributed by atoms with E-state index >= 15 is 0 Å². The van der Waals surface area contributed by atoms with Gasteiger partial charge in [-0.25, -0.2) is 4.79 Å². The van der Waals surface area contributed by atoms with Crippen LogP contribution < -0.4 is 27.0 Å². The molecule has 0 bridgehead atoms. The Bertz CT molecular complexity index is 1460. The summed E-state index contributed by atoms with van der Waals surface area (Å²) < 4.78 is 0. The molecule has 0 saturated heterocycles. The maximum atomic E-state index is 13.7. The summed E-state index contributed by atoms with van der Waals surface area (Å²) in [5.41, 5.74) is 7.07. The van der Waals surface area contributed by atoms with Crippen molar-refractivity contribution < 1.29 is 48.9 Å². The van der Waals surface area contributed by atoms with E-state index in [9.17, 15) is 43.8 Å². The number of carbonyl (C=O) groups is 7. The second-order valence-corrected chi connectivity index (χ2v) is 11.8. The number of hydrogen-bond donors (Lipinski definition) is 9. The average Bonchev–Trinajstić information content (AvgIpc) is 3.41. The van der Waals surface area contributed by atoms with Crippen molar-refractivity contribution in [1.29, 1.82) is 0 Å². The van der Waals surface area contributed by atoms with Crippen LogP contribution in [-0.2, 0) is 40.0 Å². The van der Waals surface area contributed by atoms with E-state index in [1.165, 1.54) is 0 Å². The summed E-state index contributed by atoms with van der Waals surface area (Å²) in [6.07, 6.45) is 0.265. The SMILES string of the molecule is CC[C@H](C)[C@H](NC(=O)[C@H](CCC(=O)O)NC(=O)[C@H](Cc1c[nH]c2ccccc12)NC(=O)[C@@H](N)CC(=O)O)C(=O)N[C@H](C(=O)O)C(C)C. The molecule has 0 fully saturated rings. The van der Waals surface area contributed by atoms with Gasteiger partial charge in [-0.1, -0.05) is 52.3 Å². The van der Waals surface area contributed by atoms with Crippen LogP contribution in [0.2, 0.25) is 0 Å². The van der Waals surface area contributed by atoms with Crippen LogP contribution in [0, 0.1) is 11.8 Å². The lowest BCUT2D eigenvalue weighted by molar-refractivity contribution is -0.144. The Kier molecular flexibility index (Phi) is 14.3. The van der Waals surface area contributed by atoms with Gasteiger partial charge in [0.05, 0.1) is 12.5 Å². The molecule has 1 aromatic carbocycles. The highest BCUT2D eigenvalue weighted by Crippen LogP contribution is 2.20.